The van der Waals surface area contributed by atoms with E-state index in [1.165, 1.54) is 44.6 Å². The van der Waals surface area contributed by atoms with Crippen LogP contribution in [0, 0.1) is 24.4 Å². The molecule has 0 atom stereocenters. The van der Waals surface area contributed by atoms with Gasteiger partial charge in [-0.25, -0.2) is 13.2 Å². The highest BCUT2D eigenvalue weighted by atomic mass is 19.1. The first kappa shape index (κ1) is 22.2. The van der Waals surface area contributed by atoms with E-state index in [0.29, 0.717) is 17.2 Å². The lowest BCUT2D eigenvalue weighted by Gasteiger charge is -2.23. The van der Waals surface area contributed by atoms with E-state index in [1.807, 2.05) is 0 Å². The van der Waals surface area contributed by atoms with E-state index in [4.69, 9.17) is 9.47 Å². The van der Waals surface area contributed by atoms with E-state index in [1.54, 1.807) is 35.8 Å². The number of benzene rings is 3. The van der Waals surface area contributed by atoms with Crippen molar-refractivity contribution in [1.82, 2.24) is 4.57 Å². The zero-order chi connectivity index (χ0) is 23.7. The van der Waals surface area contributed by atoms with Crippen LogP contribution in [0.1, 0.15) is 5.56 Å². The molecule has 7 heteroatoms. The first-order valence-corrected chi connectivity index (χ1v) is 10.0. The molecule has 3 aromatic carbocycles. The van der Waals surface area contributed by atoms with Crippen molar-refractivity contribution >= 4 is 0 Å². The average molecular weight is 451 g/mol. The lowest BCUT2D eigenvalue weighted by atomic mass is 10.0. The van der Waals surface area contributed by atoms with Gasteiger partial charge in [0.1, 0.15) is 29.0 Å². The average Bonchev–Trinajstić information content (AvgIpc) is 2.81. The van der Waals surface area contributed by atoms with Gasteiger partial charge in [-0.2, -0.15) is 0 Å². The number of hydrogen-bond donors (Lipinski definition) is 0. The smallest absolute Gasteiger partial charge is 0.185 e. The second-order valence-electron chi connectivity index (χ2n) is 7.38. The van der Waals surface area contributed by atoms with E-state index < -0.39 is 22.9 Å². The molecular formula is C26H20F3NO3. The SMILES string of the molecule is COc1cc(OC)cc(-n2c(-c3ccccc3F)cc(=O)c(C)c2-c2ccc(F)cc2F)c1. The summed E-state index contributed by atoms with van der Waals surface area (Å²) in [4.78, 5) is 12.9. The molecule has 33 heavy (non-hydrogen) atoms. The molecule has 1 heterocycles. The molecule has 0 aliphatic heterocycles. The molecule has 0 aliphatic rings. The molecule has 0 amide bonds. The minimum Gasteiger partial charge on any atom is -0.497 e. The van der Waals surface area contributed by atoms with Crippen LogP contribution in [0.15, 0.2) is 71.5 Å². The molecule has 0 fully saturated rings. The molecule has 0 saturated carbocycles. The van der Waals surface area contributed by atoms with Gasteiger partial charge in [0, 0.05) is 47.0 Å². The second kappa shape index (κ2) is 8.86. The minimum absolute atomic E-state index is 0.00836. The van der Waals surface area contributed by atoms with Gasteiger partial charge >= 0.3 is 0 Å². The topological polar surface area (TPSA) is 40.5 Å². The van der Waals surface area contributed by atoms with Crippen LogP contribution in [0.3, 0.4) is 0 Å². The van der Waals surface area contributed by atoms with Crippen molar-refractivity contribution in [3.63, 3.8) is 0 Å². The zero-order valence-corrected chi connectivity index (χ0v) is 18.2. The maximum absolute atomic E-state index is 15.0. The van der Waals surface area contributed by atoms with Crippen LogP contribution in [-0.4, -0.2) is 18.8 Å². The first-order chi connectivity index (χ1) is 15.8. The molecule has 0 unspecified atom stereocenters. The molecule has 0 spiro atoms. The van der Waals surface area contributed by atoms with Gasteiger partial charge in [-0.3, -0.25) is 4.79 Å². The number of ether oxygens (including phenoxy) is 2. The predicted molar refractivity (Wildman–Crippen MR) is 121 cm³/mol. The monoisotopic (exact) mass is 451 g/mol. The summed E-state index contributed by atoms with van der Waals surface area (Å²) < 4.78 is 55.8. The summed E-state index contributed by atoms with van der Waals surface area (Å²) >= 11 is 0. The highest BCUT2D eigenvalue weighted by Gasteiger charge is 2.22. The molecule has 1 aromatic heterocycles. The van der Waals surface area contributed by atoms with Crippen LogP contribution in [-0.2, 0) is 0 Å². The molecular weight excluding hydrogens is 431 g/mol. The largest absolute Gasteiger partial charge is 0.497 e. The first-order valence-electron chi connectivity index (χ1n) is 10.0. The van der Waals surface area contributed by atoms with Gasteiger partial charge in [-0.05, 0) is 31.2 Å². The van der Waals surface area contributed by atoms with Crippen molar-refractivity contribution in [2.24, 2.45) is 0 Å². The van der Waals surface area contributed by atoms with Crippen molar-refractivity contribution < 1.29 is 22.6 Å². The van der Waals surface area contributed by atoms with Crippen LogP contribution in [0.5, 0.6) is 11.5 Å². The van der Waals surface area contributed by atoms with E-state index in [2.05, 4.69) is 0 Å². The van der Waals surface area contributed by atoms with Gasteiger partial charge in [0.15, 0.2) is 5.43 Å². The number of nitrogens with zero attached hydrogens (tertiary/aromatic N) is 1. The zero-order valence-electron chi connectivity index (χ0n) is 18.2. The summed E-state index contributed by atoms with van der Waals surface area (Å²) in [5.41, 5.74) is 0.712. The normalized spacial score (nSPS) is 10.8. The van der Waals surface area contributed by atoms with Crippen LogP contribution in [0.25, 0.3) is 28.2 Å². The number of halogens is 3. The fourth-order valence-electron chi connectivity index (χ4n) is 3.76. The van der Waals surface area contributed by atoms with Crippen molar-refractivity contribution in [3.05, 3.63) is 100.0 Å². The molecule has 4 rings (SSSR count). The van der Waals surface area contributed by atoms with Crippen molar-refractivity contribution in [3.8, 4) is 39.7 Å². The highest BCUT2D eigenvalue weighted by Crippen LogP contribution is 2.36. The fourth-order valence-corrected chi connectivity index (χ4v) is 3.76. The molecule has 0 aliphatic carbocycles. The second-order valence-corrected chi connectivity index (χ2v) is 7.38. The van der Waals surface area contributed by atoms with E-state index >= 15 is 0 Å². The Morgan fingerprint density at radius 1 is 0.758 bits per heavy atom. The molecule has 0 bridgehead atoms. The molecule has 168 valence electrons. The highest BCUT2D eigenvalue weighted by molar-refractivity contribution is 5.74. The Balaban J connectivity index is 2.20. The minimum atomic E-state index is -0.855. The summed E-state index contributed by atoms with van der Waals surface area (Å²) in [5.74, 6) is -1.30. The van der Waals surface area contributed by atoms with Crippen molar-refractivity contribution in [2.45, 2.75) is 6.92 Å². The van der Waals surface area contributed by atoms with E-state index in [9.17, 15) is 18.0 Å². The van der Waals surface area contributed by atoms with Crippen LogP contribution >= 0.6 is 0 Å². The summed E-state index contributed by atoms with van der Waals surface area (Å²) in [6, 6.07) is 15.3. The van der Waals surface area contributed by atoms with Gasteiger partial charge in [0.05, 0.1) is 31.3 Å². The number of methoxy groups -OCH3 is 2. The maximum atomic E-state index is 15.0. The Morgan fingerprint density at radius 2 is 1.42 bits per heavy atom. The summed E-state index contributed by atoms with van der Waals surface area (Å²) in [6.07, 6.45) is 0. The van der Waals surface area contributed by atoms with E-state index in [0.717, 1.165) is 12.1 Å². The van der Waals surface area contributed by atoms with Crippen LogP contribution in [0.4, 0.5) is 13.2 Å². The number of aromatic nitrogens is 1. The Hall–Kier alpha value is -4.00. The maximum Gasteiger partial charge on any atom is 0.185 e. The Kier molecular flexibility index (Phi) is 5.96. The molecule has 0 N–H and O–H groups in total. The molecule has 0 saturated heterocycles. The van der Waals surface area contributed by atoms with Crippen molar-refractivity contribution in [1.29, 1.82) is 0 Å². The number of pyridine rings is 1. The Morgan fingerprint density at radius 3 is 2.03 bits per heavy atom. The summed E-state index contributed by atoms with van der Waals surface area (Å²) in [5, 5.41) is 0. The van der Waals surface area contributed by atoms with Gasteiger partial charge in [0.25, 0.3) is 0 Å². The standard InChI is InChI=1S/C26H20F3NO3/c1-15-25(31)14-24(20-6-4-5-7-22(20)28)30(17-11-18(32-2)13-19(12-17)33-3)26(15)21-9-8-16(27)10-23(21)29/h4-14H,1-3H3. The molecule has 4 nitrogen and oxygen atoms in total. The van der Waals surface area contributed by atoms with Gasteiger partial charge < -0.3 is 14.0 Å². The third-order valence-corrected chi connectivity index (χ3v) is 5.39. The predicted octanol–water partition coefficient (Wildman–Crippen LogP) is 5.91. The van der Waals surface area contributed by atoms with Crippen LogP contribution < -0.4 is 14.9 Å². The van der Waals surface area contributed by atoms with Crippen molar-refractivity contribution in [2.75, 3.05) is 14.2 Å². The quantitative estimate of drug-likeness (QED) is 0.379. The molecule has 0 radical (unpaired) electrons. The number of rotatable bonds is 5. The van der Waals surface area contributed by atoms with Gasteiger partial charge in [-0.15, -0.1) is 0 Å². The van der Waals surface area contributed by atoms with E-state index in [-0.39, 0.29) is 28.1 Å². The summed E-state index contributed by atoms with van der Waals surface area (Å²) in [6.45, 7) is 1.54. The Bertz CT molecular complexity index is 1390. The van der Waals surface area contributed by atoms with Gasteiger partial charge in [-0.1, -0.05) is 12.1 Å². The summed E-state index contributed by atoms with van der Waals surface area (Å²) in [7, 11) is 2.96. The molecule has 4 aromatic rings. The third kappa shape index (κ3) is 4.09. The lowest BCUT2D eigenvalue weighted by molar-refractivity contribution is 0.394. The third-order valence-electron chi connectivity index (χ3n) is 5.39. The Labute approximate surface area is 188 Å². The van der Waals surface area contributed by atoms with Crippen LogP contribution in [0.2, 0.25) is 0 Å². The van der Waals surface area contributed by atoms with Gasteiger partial charge in [0.2, 0.25) is 0 Å². The fraction of sp³-hybridized carbons (Fsp3) is 0.115. The lowest BCUT2D eigenvalue weighted by Crippen LogP contribution is -2.16. The number of hydrogen-bond acceptors (Lipinski definition) is 3.